The van der Waals surface area contributed by atoms with Gasteiger partial charge in [-0.2, -0.15) is 0 Å². The van der Waals surface area contributed by atoms with Gasteiger partial charge < -0.3 is 14.2 Å². The monoisotopic (exact) mass is 403 g/mol. The van der Waals surface area contributed by atoms with Gasteiger partial charge >= 0.3 is 0 Å². The summed E-state index contributed by atoms with van der Waals surface area (Å²) >= 11 is 4.99. The van der Waals surface area contributed by atoms with Gasteiger partial charge in [0.2, 0.25) is 0 Å². The topological polar surface area (TPSA) is 97.9 Å². The van der Waals surface area contributed by atoms with Crippen LogP contribution in [-0.2, 0) is 4.79 Å². The average molecular weight is 403 g/mol. The Morgan fingerprint density at radius 3 is 2.29 bits per heavy atom. The molecule has 0 aliphatic carbocycles. The zero-order chi connectivity index (χ0) is 20.4. The van der Waals surface area contributed by atoms with Crippen molar-refractivity contribution in [3.8, 4) is 17.2 Å². The summed E-state index contributed by atoms with van der Waals surface area (Å²) in [7, 11) is 1.51. The van der Waals surface area contributed by atoms with Crippen LogP contribution in [0.5, 0.6) is 17.2 Å². The van der Waals surface area contributed by atoms with Crippen molar-refractivity contribution in [2.45, 2.75) is 6.92 Å². The number of thiocarbonyl (C=S) groups is 1. The van der Waals surface area contributed by atoms with Gasteiger partial charge in [0.15, 0.2) is 23.2 Å². The summed E-state index contributed by atoms with van der Waals surface area (Å²) in [4.78, 5) is 24.0. The number of nitrogens with one attached hydrogen (secondary N) is 3. The van der Waals surface area contributed by atoms with Crippen LogP contribution in [0.25, 0.3) is 0 Å². The molecule has 0 heterocycles. The Morgan fingerprint density at radius 1 is 0.964 bits per heavy atom. The van der Waals surface area contributed by atoms with Gasteiger partial charge in [0.05, 0.1) is 13.7 Å². The Labute approximate surface area is 168 Å². The number of carbonyl (C=O) groups excluding carboxylic acids is 2. The molecule has 0 saturated heterocycles. The molecule has 2 aromatic rings. The molecule has 2 aromatic carbocycles. The normalized spacial score (nSPS) is 9.79. The molecule has 0 fully saturated rings. The number of rotatable bonds is 7. The van der Waals surface area contributed by atoms with Crippen LogP contribution in [-0.4, -0.2) is 37.3 Å². The van der Waals surface area contributed by atoms with E-state index < -0.39 is 11.8 Å². The lowest BCUT2D eigenvalue weighted by Gasteiger charge is -2.12. The molecule has 0 atom stereocenters. The summed E-state index contributed by atoms with van der Waals surface area (Å²) in [5.41, 5.74) is 5.19. The molecule has 0 spiro atoms. The number of hydrazine groups is 1. The minimum absolute atomic E-state index is 0.0514. The third kappa shape index (κ3) is 6.44. The minimum atomic E-state index is -0.483. The van der Waals surface area contributed by atoms with Crippen LogP contribution in [0, 0.1) is 0 Å². The molecule has 0 bridgehead atoms. The molecule has 0 aliphatic rings. The van der Waals surface area contributed by atoms with E-state index in [9.17, 15) is 9.59 Å². The molecule has 0 unspecified atom stereocenters. The lowest BCUT2D eigenvalue weighted by atomic mass is 10.2. The number of hydrogen-bond acceptors (Lipinski definition) is 6. The highest BCUT2D eigenvalue weighted by molar-refractivity contribution is 7.80. The molecule has 8 nitrogen and oxygen atoms in total. The molecule has 148 valence electrons. The number of ether oxygens (including phenoxy) is 3. The fourth-order valence-corrected chi connectivity index (χ4v) is 2.26. The van der Waals surface area contributed by atoms with Crippen LogP contribution in [0.1, 0.15) is 17.3 Å². The third-order valence-corrected chi connectivity index (χ3v) is 3.60. The van der Waals surface area contributed by atoms with Crippen molar-refractivity contribution < 1.29 is 23.8 Å². The van der Waals surface area contributed by atoms with E-state index in [1.54, 1.807) is 48.5 Å². The van der Waals surface area contributed by atoms with Crippen LogP contribution in [0.3, 0.4) is 0 Å². The Morgan fingerprint density at radius 2 is 1.64 bits per heavy atom. The quantitative estimate of drug-likeness (QED) is 0.479. The van der Waals surface area contributed by atoms with Gasteiger partial charge in [-0.05, 0) is 55.5 Å². The molecular formula is C19H21N3O5S. The van der Waals surface area contributed by atoms with Gasteiger partial charge in [-0.25, -0.2) is 0 Å². The number of hydrogen-bond donors (Lipinski definition) is 3. The molecular weight excluding hydrogens is 382 g/mol. The highest BCUT2D eigenvalue weighted by Crippen LogP contribution is 2.25. The highest BCUT2D eigenvalue weighted by Gasteiger charge is 2.10. The molecule has 28 heavy (non-hydrogen) atoms. The lowest BCUT2D eigenvalue weighted by Crippen LogP contribution is -2.49. The van der Waals surface area contributed by atoms with E-state index in [0.717, 1.165) is 0 Å². The van der Waals surface area contributed by atoms with Crippen LogP contribution < -0.4 is 30.4 Å². The predicted octanol–water partition coefficient (Wildman–Crippen LogP) is 1.81. The SMILES string of the molecule is CCOc1ccc(C(=O)NC(=S)NNC(=O)COc2ccccc2OC)cc1. The van der Waals surface area contributed by atoms with Crippen molar-refractivity contribution in [1.82, 2.24) is 16.2 Å². The van der Waals surface area contributed by atoms with E-state index in [4.69, 9.17) is 26.4 Å². The summed E-state index contributed by atoms with van der Waals surface area (Å²) in [5, 5.41) is 2.41. The second-order valence-corrected chi connectivity index (χ2v) is 5.76. The summed E-state index contributed by atoms with van der Waals surface area (Å²) < 4.78 is 15.8. The van der Waals surface area contributed by atoms with E-state index >= 15 is 0 Å². The van der Waals surface area contributed by atoms with Gasteiger partial charge in [0.25, 0.3) is 11.8 Å². The molecule has 2 rings (SSSR count). The standard InChI is InChI=1S/C19H21N3O5S/c1-3-26-14-10-8-13(9-11-14)18(24)20-19(28)22-21-17(23)12-27-16-7-5-4-6-15(16)25-2/h4-11H,3,12H2,1-2H3,(H,21,23)(H2,20,22,24,28). The first-order valence-electron chi connectivity index (χ1n) is 8.42. The first-order chi connectivity index (χ1) is 13.5. The van der Waals surface area contributed by atoms with Crippen molar-refractivity contribution in [2.24, 2.45) is 0 Å². The smallest absolute Gasteiger partial charge is 0.276 e. The molecule has 0 aliphatic heterocycles. The summed E-state index contributed by atoms with van der Waals surface area (Å²) in [5.74, 6) is 0.721. The van der Waals surface area contributed by atoms with Gasteiger partial charge in [-0.15, -0.1) is 0 Å². The van der Waals surface area contributed by atoms with E-state index in [-0.39, 0.29) is 11.7 Å². The van der Waals surface area contributed by atoms with Crippen molar-refractivity contribution in [3.63, 3.8) is 0 Å². The second kappa shape index (κ2) is 10.7. The van der Waals surface area contributed by atoms with Crippen molar-refractivity contribution in [1.29, 1.82) is 0 Å². The maximum atomic E-state index is 12.1. The number of para-hydroxylation sites is 2. The zero-order valence-electron chi connectivity index (χ0n) is 15.5. The fourth-order valence-electron chi connectivity index (χ4n) is 2.12. The Hall–Kier alpha value is -3.33. The maximum absolute atomic E-state index is 12.1. The number of methoxy groups -OCH3 is 1. The van der Waals surface area contributed by atoms with Crippen LogP contribution in [0.15, 0.2) is 48.5 Å². The van der Waals surface area contributed by atoms with Crippen LogP contribution in [0.4, 0.5) is 0 Å². The Balaban J connectivity index is 1.75. The number of benzene rings is 2. The van der Waals surface area contributed by atoms with E-state index in [0.29, 0.717) is 29.4 Å². The van der Waals surface area contributed by atoms with Gasteiger partial charge in [-0.1, -0.05) is 12.1 Å². The first kappa shape index (κ1) is 21.0. The first-order valence-corrected chi connectivity index (χ1v) is 8.83. The summed E-state index contributed by atoms with van der Waals surface area (Å²) in [6.07, 6.45) is 0. The van der Waals surface area contributed by atoms with E-state index in [1.165, 1.54) is 7.11 Å². The van der Waals surface area contributed by atoms with E-state index in [1.807, 2.05) is 6.92 Å². The summed E-state index contributed by atoms with van der Waals surface area (Å²) in [6.45, 7) is 2.16. The fraction of sp³-hybridized carbons (Fsp3) is 0.211. The van der Waals surface area contributed by atoms with Crippen molar-refractivity contribution >= 4 is 29.1 Å². The molecule has 2 amide bonds. The predicted molar refractivity (Wildman–Crippen MR) is 107 cm³/mol. The number of carbonyl (C=O) groups is 2. The molecule has 3 N–H and O–H groups in total. The van der Waals surface area contributed by atoms with Gasteiger partial charge in [0, 0.05) is 5.56 Å². The average Bonchev–Trinajstić information content (AvgIpc) is 2.71. The van der Waals surface area contributed by atoms with Crippen molar-refractivity contribution in [3.05, 3.63) is 54.1 Å². The number of amides is 2. The minimum Gasteiger partial charge on any atom is -0.494 e. The van der Waals surface area contributed by atoms with E-state index in [2.05, 4.69) is 16.2 Å². The Bertz CT molecular complexity index is 827. The zero-order valence-corrected chi connectivity index (χ0v) is 16.3. The maximum Gasteiger partial charge on any atom is 0.276 e. The third-order valence-electron chi connectivity index (χ3n) is 3.40. The Kier molecular flexibility index (Phi) is 8.04. The van der Waals surface area contributed by atoms with Gasteiger partial charge in [-0.3, -0.25) is 25.8 Å². The molecule has 0 radical (unpaired) electrons. The summed E-state index contributed by atoms with van der Waals surface area (Å²) in [6, 6.07) is 13.6. The molecule has 9 heteroatoms. The van der Waals surface area contributed by atoms with Crippen LogP contribution >= 0.6 is 12.2 Å². The largest absolute Gasteiger partial charge is 0.494 e. The van der Waals surface area contributed by atoms with Gasteiger partial charge in [0.1, 0.15) is 5.75 Å². The highest BCUT2D eigenvalue weighted by atomic mass is 32.1. The lowest BCUT2D eigenvalue weighted by molar-refractivity contribution is -0.123. The molecule has 0 aromatic heterocycles. The van der Waals surface area contributed by atoms with Crippen molar-refractivity contribution in [2.75, 3.05) is 20.3 Å². The second-order valence-electron chi connectivity index (χ2n) is 5.35. The van der Waals surface area contributed by atoms with Crippen LogP contribution in [0.2, 0.25) is 0 Å². The molecule has 0 saturated carbocycles.